The van der Waals surface area contributed by atoms with Crippen LogP contribution in [0, 0.1) is 5.92 Å². The standard InChI is InChI=1S/C24H29N3O5S/c1-16-15-26(24(30)19-4-3-5-19)23-14-20(8-11-22(23)27(16)17(2)29)18-6-9-21(10-7-18)33(31,32)25-12-13-28/h6-11,14,16,19,25,28H,3-5,12-13,15H2,1-2H3. The molecule has 2 aromatic rings. The first kappa shape index (κ1) is 23.4. The van der Waals surface area contributed by atoms with Crippen LogP contribution in [0.1, 0.15) is 33.1 Å². The normalized spacial score (nSPS) is 18.6. The zero-order chi connectivity index (χ0) is 23.8. The molecule has 0 spiro atoms. The molecule has 1 aliphatic heterocycles. The van der Waals surface area contributed by atoms with E-state index >= 15 is 0 Å². The Balaban J connectivity index is 1.70. The van der Waals surface area contributed by atoms with Crippen LogP contribution in [0.5, 0.6) is 0 Å². The van der Waals surface area contributed by atoms with Gasteiger partial charge in [-0.15, -0.1) is 0 Å². The number of amides is 2. The molecule has 2 N–H and O–H groups in total. The van der Waals surface area contributed by atoms with E-state index in [4.69, 9.17) is 5.11 Å². The highest BCUT2D eigenvalue weighted by Crippen LogP contribution is 2.41. The third-order valence-corrected chi connectivity index (χ3v) is 7.85. The average molecular weight is 472 g/mol. The van der Waals surface area contributed by atoms with E-state index in [9.17, 15) is 18.0 Å². The van der Waals surface area contributed by atoms with E-state index in [1.807, 2.05) is 30.0 Å². The second-order valence-corrected chi connectivity index (χ2v) is 10.4. The first-order valence-electron chi connectivity index (χ1n) is 11.2. The van der Waals surface area contributed by atoms with E-state index in [1.165, 1.54) is 19.1 Å². The van der Waals surface area contributed by atoms with Gasteiger partial charge in [0.15, 0.2) is 0 Å². The Morgan fingerprint density at radius 2 is 1.73 bits per heavy atom. The molecule has 9 heteroatoms. The van der Waals surface area contributed by atoms with E-state index in [-0.39, 0.29) is 41.8 Å². The van der Waals surface area contributed by atoms with Gasteiger partial charge in [-0.1, -0.05) is 24.6 Å². The topological polar surface area (TPSA) is 107 Å². The number of carbonyl (C=O) groups is 2. The van der Waals surface area contributed by atoms with Crippen LogP contribution in [0.2, 0.25) is 0 Å². The predicted molar refractivity (Wildman–Crippen MR) is 126 cm³/mol. The molecule has 2 aliphatic rings. The number of anilines is 2. The molecule has 2 amide bonds. The molecule has 0 saturated heterocycles. The number of rotatable bonds is 6. The molecule has 1 fully saturated rings. The fourth-order valence-electron chi connectivity index (χ4n) is 4.46. The van der Waals surface area contributed by atoms with Crippen molar-refractivity contribution < 1.29 is 23.1 Å². The first-order valence-corrected chi connectivity index (χ1v) is 12.7. The summed E-state index contributed by atoms with van der Waals surface area (Å²) >= 11 is 0. The Morgan fingerprint density at radius 3 is 2.30 bits per heavy atom. The predicted octanol–water partition coefficient (Wildman–Crippen LogP) is 2.51. The van der Waals surface area contributed by atoms with Gasteiger partial charge >= 0.3 is 0 Å². The number of fused-ring (bicyclic) bond motifs is 1. The van der Waals surface area contributed by atoms with Gasteiger partial charge in [0.1, 0.15) is 0 Å². The third-order valence-electron chi connectivity index (χ3n) is 6.37. The van der Waals surface area contributed by atoms with E-state index < -0.39 is 10.0 Å². The number of sulfonamides is 1. The maximum Gasteiger partial charge on any atom is 0.240 e. The number of carbonyl (C=O) groups excluding carboxylic acids is 2. The van der Waals surface area contributed by atoms with Crippen LogP contribution in [0.3, 0.4) is 0 Å². The molecule has 8 nitrogen and oxygen atoms in total. The van der Waals surface area contributed by atoms with Crippen molar-refractivity contribution in [3.63, 3.8) is 0 Å². The van der Waals surface area contributed by atoms with Crippen molar-refractivity contribution in [2.24, 2.45) is 5.92 Å². The number of nitrogens with zero attached hydrogens (tertiary/aromatic N) is 2. The maximum absolute atomic E-state index is 13.2. The highest BCUT2D eigenvalue weighted by molar-refractivity contribution is 7.89. The SMILES string of the molecule is CC(=O)N1c2ccc(-c3ccc(S(=O)(=O)NCCO)cc3)cc2N(C(=O)C2CCC2)CC1C. The fourth-order valence-corrected chi connectivity index (χ4v) is 5.48. The Morgan fingerprint density at radius 1 is 1.06 bits per heavy atom. The second-order valence-electron chi connectivity index (χ2n) is 8.66. The van der Waals surface area contributed by atoms with Crippen molar-refractivity contribution in [3.8, 4) is 11.1 Å². The van der Waals surface area contributed by atoms with Crippen LogP contribution in [-0.4, -0.2) is 51.1 Å². The molecule has 1 saturated carbocycles. The van der Waals surface area contributed by atoms with Gasteiger partial charge < -0.3 is 14.9 Å². The number of aliphatic hydroxyl groups excluding tert-OH is 1. The van der Waals surface area contributed by atoms with Crippen LogP contribution in [0.15, 0.2) is 47.4 Å². The van der Waals surface area contributed by atoms with Crippen molar-refractivity contribution in [2.75, 3.05) is 29.5 Å². The van der Waals surface area contributed by atoms with Crippen LogP contribution in [0.25, 0.3) is 11.1 Å². The van der Waals surface area contributed by atoms with Gasteiger partial charge in [-0.3, -0.25) is 9.59 Å². The molecule has 1 unspecified atom stereocenters. The fraction of sp³-hybridized carbons (Fsp3) is 0.417. The molecule has 33 heavy (non-hydrogen) atoms. The van der Waals surface area contributed by atoms with Crippen molar-refractivity contribution in [1.82, 2.24) is 4.72 Å². The summed E-state index contributed by atoms with van der Waals surface area (Å²) in [6.45, 7) is 3.59. The van der Waals surface area contributed by atoms with Gasteiger partial charge in [-0.2, -0.15) is 0 Å². The molecular weight excluding hydrogens is 442 g/mol. The number of hydrogen-bond donors (Lipinski definition) is 2. The molecule has 1 heterocycles. The van der Waals surface area contributed by atoms with Crippen molar-refractivity contribution in [2.45, 2.75) is 44.0 Å². The summed E-state index contributed by atoms with van der Waals surface area (Å²) in [5, 5.41) is 8.87. The summed E-state index contributed by atoms with van der Waals surface area (Å²) in [6.07, 6.45) is 2.86. The summed E-state index contributed by atoms with van der Waals surface area (Å²) in [5.74, 6) is 0.0665. The zero-order valence-electron chi connectivity index (χ0n) is 18.8. The van der Waals surface area contributed by atoms with E-state index in [0.29, 0.717) is 17.9 Å². The minimum absolute atomic E-state index is 0.0356. The minimum Gasteiger partial charge on any atom is -0.395 e. The van der Waals surface area contributed by atoms with Crippen molar-refractivity contribution in [3.05, 3.63) is 42.5 Å². The third kappa shape index (κ3) is 4.53. The number of benzene rings is 2. The van der Waals surface area contributed by atoms with Crippen LogP contribution in [-0.2, 0) is 19.6 Å². The van der Waals surface area contributed by atoms with E-state index in [1.54, 1.807) is 17.0 Å². The lowest BCUT2D eigenvalue weighted by molar-refractivity contribution is -0.125. The Labute approximate surface area is 194 Å². The second kappa shape index (κ2) is 9.24. The smallest absolute Gasteiger partial charge is 0.240 e. The molecule has 0 aromatic heterocycles. The first-order chi connectivity index (χ1) is 15.7. The molecule has 2 aromatic carbocycles. The Bertz CT molecular complexity index is 1160. The summed E-state index contributed by atoms with van der Waals surface area (Å²) in [5.41, 5.74) is 3.04. The minimum atomic E-state index is -3.69. The lowest BCUT2D eigenvalue weighted by atomic mass is 9.84. The van der Waals surface area contributed by atoms with Crippen LogP contribution < -0.4 is 14.5 Å². The number of aliphatic hydroxyl groups is 1. The lowest BCUT2D eigenvalue weighted by Crippen LogP contribution is -2.53. The van der Waals surface area contributed by atoms with Gasteiger partial charge in [0.05, 0.1) is 28.9 Å². The quantitative estimate of drug-likeness (QED) is 0.673. The van der Waals surface area contributed by atoms with Gasteiger partial charge in [0, 0.05) is 25.9 Å². The van der Waals surface area contributed by atoms with Crippen molar-refractivity contribution >= 4 is 33.2 Å². The van der Waals surface area contributed by atoms with E-state index in [0.717, 1.165) is 30.4 Å². The van der Waals surface area contributed by atoms with Gasteiger partial charge in [0.25, 0.3) is 0 Å². The highest BCUT2D eigenvalue weighted by atomic mass is 32.2. The monoisotopic (exact) mass is 471 g/mol. The Hall–Kier alpha value is -2.75. The molecule has 0 bridgehead atoms. The van der Waals surface area contributed by atoms with Gasteiger partial charge in [-0.05, 0) is 55.2 Å². The Kier molecular flexibility index (Phi) is 6.56. The molecule has 0 radical (unpaired) electrons. The summed E-state index contributed by atoms with van der Waals surface area (Å²) < 4.78 is 26.9. The van der Waals surface area contributed by atoms with Crippen molar-refractivity contribution in [1.29, 1.82) is 0 Å². The summed E-state index contributed by atoms with van der Waals surface area (Å²) in [7, 11) is -3.69. The van der Waals surface area contributed by atoms with Crippen LogP contribution >= 0.6 is 0 Å². The highest BCUT2D eigenvalue weighted by Gasteiger charge is 2.37. The average Bonchev–Trinajstić information content (AvgIpc) is 2.75. The van der Waals surface area contributed by atoms with Crippen LogP contribution in [0.4, 0.5) is 11.4 Å². The molecular formula is C24H29N3O5S. The van der Waals surface area contributed by atoms with Gasteiger partial charge in [-0.25, -0.2) is 13.1 Å². The number of hydrogen-bond acceptors (Lipinski definition) is 5. The largest absolute Gasteiger partial charge is 0.395 e. The summed E-state index contributed by atoms with van der Waals surface area (Å²) in [4.78, 5) is 29.2. The maximum atomic E-state index is 13.2. The lowest BCUT2D eigenvalue weighted by Gasteiger charge is -2.43. The zero-order valence-corrected chi connectivity index (χ0v) is 19.6. The molecule has 176 valence electrons. The van der Waals surface area contributed by atoms with Gasteiger partial charge in [0.2, 0.25) is 21.8 Å². The summed E-state index contributed by atoms with van der Waals surface area (Å²) in [6, 6.07) is 12.0. The molecule has 1 atom stereocenters. The molecule has 4 rings (SSSR count). The number of nitrogens with one attached hydrogen (secondary N) is 1. The van der Waals surface area contributed by atoms with E-state index in [2.05, 4.69) is 4.72 Å². The molecule has 1 aliphatic carbocycles.